The third kappa shape index (κ3) is 4.60. The summed E-state index contributed by atoms with van der Waals surface area (Å²) in [6.07, 6.45) is 0.455. The molecule has 6 heteroatoms. The van der Waals surface area contributed by atoms with Gasteiger partial charge in [-0.15, -0.1) is 0 Å². The van der Waals surface area contributed by atoms with Crippen molar-refractivity contribution < 1.29 is 9.53 Å². The smallest absolute Gasteiger partial charge is 0.227 e. The van der Waals surface area contributed by atoms with E-state index in [0.717, 1.165) is 32.8 Å². The molecule has 0 radical (unpaired) electrons. The number of carbonyl (C=O) groups excluding carboxylic acids is 1. The van der Waals surface area contributed by atoms with Crippen LogP contribution in [0, 0.1) is 0 Å². The minimum atomic E-state index is 0.0360. The number of halogens is 1. The Kier molecular flexibility index (Phi) is 6.42. The Balaban J connectivity index is 1.36. The summed E-state index contributed by atoms with van der Waals surface area (Å²) >= 11 is 3.47. The Morgan fingerprint density at radius 2 is 1.76 bits per heavy atom. The zero-order chi connectivity index (χ0) is 23.7. The fourth-order valence-electron chi connectivity index (χ4n) is 4.60. The molecule has 34 heavy (non-hydrogen) atoms. The summed E-state index contributed by atoms with van der Waals surface area (Å²) in [7, 11) is 0. The number of fused-ring (bicyclic) bond motifs is 1. The molecule has 1 atom stereocenters. The molecule has 4 aromatic rings. The first-order valence-corrected chi connectivity index (χ1v) is 12.5. The number of ether oxygens (including phenoxy) is 1. The van der Waals surface area contributed by atoms with Crippen molar-refractivity contribution in [2.75, 3.05) is 18.1 Å². The monoisotopic (exact) mass is 517 g/mol. The number of carbonyl (C=O) groups is 1. The van der Waals surface area contributed by atoms with Crippen molar-refractivity contribution in [2.45, 2.75) is 38.6 Å². The van der Waals surface area contributed by atoms with Gasteiger partial charge in [-0.3, -0.25) is 4.79 Å². The molecule has 1 saturated heterocycles. The normalized spacial score (nSPS) is 16.1. The average Bonchev–Trinajstić information content (AvgIpc) is 3.40. The lowest BCUT2D eigenvalue weighted by atomic mass is 10.0. The second kappa shape index (κ2) is 9.63. The molecule has 1 unspecified atom stereocenters. The number of hydrogen-bond donors (Lipinski definition) is 0. The quantitative estimate of drug-likeness (QED) is 0.280. The van der Waals surface area contributed by atoms with Gasteiger partial charge >= 0.3 is 0 Å². The molecule has 1 aliphatic rings. The highest BCUT2D eigenvalue weighted by Gasteiger charge is 2.34. The van der Waals surface area contributed by atoms with E-state index in [-0.39, 0.29) is 11.8 Å². The number of amides is 1. The first kappa shape index (κ1) is 22.7. The van der Waals surface area contributed by atoms with Crippen molar-refractivity contribution >= 4 is 38.6 Å². The van der Waals surface area contributed by atoms with E-state index in [1.54, 1.807) is 0 Å². The highest BCUT2D eigenvalue weighted by molar-refractivity contribution is 9.10. The summed E-state index contributed by atoms with van der Waals surface area (Å²) in [5, 5.41) is 0. The number of imidazole rings is 1. The molecule has 2 heterocycles. The van der Waals surface area contributed by atoms with Crippen molar-refractivity contribution in [1.82, 2.24) is 9.55 Å². The number of hydrogen-bond acceptors (Lipinski definition) is 3. The number of para-hydroxylation sites is 2. The third-order valence-corrected chi connectivity index (χ3v) is 6.97. The molecule has 5 rings (SSSR count). The Labute approximate surface area is 208 Å². The number of aromatic nitrogens is 2. The van der Waals surface area contributed by atoms with Gasteiger partial charge in [0.05, 0.1) is 17.6 Å². The van der Waals surface area contributed by atoms with E-state index in [2.05, 4.69) is 52.5 Å². The molecule has 0 N–H and O–H groups in total. The summed E-state index contributed by atoms with van der Waals surface area (Å²) in [4.78, 5) is 19.7. The summed E-state index contributed by atoms with van der Waals surface area (Å²) in [5.41, 5.74) is 4.25. The van der Waals surface area contributed by atoms with Crippen LogP contribution in [-0.4, -0.2) is 28.6 Å². The second-order valence-electron chi connectivity index (χ2n) is 9.06. The Hall–Kier alpha value is -3.12. The van der Waals surface area contributed by atoms with Crippen LogP contribution in [0.1, 0.15) is 43.5 Å². The van der Waals surface area contributed by atoms with Crippen LogP contribution in [0.5, 0.6) is 5.75 Å². The van der Waals surface area contributed by atoms with Crippen LogP contribution < -0.4 is 9.64 Å². The van der Waals surface area contributed by atoms with Crippen molar-refractivity contribution in [1.29, 1.82) is 0 Å². The van der Waals surface area contributed by atoms with Crippen LogP contribution in [0.2, 0.25) is 0 Å². The second-order valence-corrected chi connectivity index (χ2v) is 9.98. The minimum absolute atomic E-state index is 0.0360. The lowest BCUT2D eigenvalue weighted by Crippen LogP contribution is -2.24. The maximum Gasteiger partial charge on any atom is 0.227 e. The van der Waals surface area contributed by atoms with E-state index in [1.807, 2.05) is 59.5 Å². The van der Waals surface area contributed by atoms with Gasteiger partial charge in [-0.1, -0.05) is 54.0 Å². The molecule has 1 aliphatic heterocycles. The average molecular weight is 518 g/mol. The summed E-state index contributed by atoms with van der Waals surface area (Å²) < 4.78 is 9.30. The first-order valence-electron chi connectivity index (χ1n) is 11.7. The Morgan fingerprint density at radius 3 is 2.50 bits per heavy atom. The molecule has 174 valence electrons. The fraction of sp³-hybridized carbons (Fsp3) is 0.286. The van der Waals surface area contributed by atoms with E-state index >= 15 is 0 Å². The van der Waals surface area contributed by atoms with E-state index in [4.69, 9.17) is 9.72 Å². The van der Waals surface area contributed by atoms with Crippen LogP contribution in [0.25, 0.3) is 11.0 Å². The lowest BCUT2D eigenvalue weighted by Gasteiger charge is -2.18. The van der Waals surface area contributed by atoms with E-state index in [0.29, 0.717) is 32.0 Å². The Morgan fingerprint density at radius 1 is 1.03 bits per heavy atom. The molecule has 5 nitrogen and oxygen atoms in total. The molecule has 0 spiro atoms. The van der Waals surface area contributed by atoms with Crippen molar-refractivity contribution in [3.05, 3.63) is 88.7 Å². The van der Waals surface area contributed by atoms with Gasteiger partial charge in [0.2, 0.25) is 5.91 Å². The molecular formula is C28H28BrN3O2. The molecule has 1 fully saturated rings. The van der Waals surface area contributed by atoms with E-state index in [9.17, 15) is 4.79 Å². The van der Waals surface area contributed by atoms with Gasteiger partial charge in [0.25, 0.3) is 0 Å². The van der Waals surface area contributed by atoms with Crippen LogP contribution >= 0.6 is 15.9 Å². The molecule has 0 bridgehead atoms. The topological polar surface area (TPSA) is 47.4 Å². The maximum absolute atomic E-state index is 12.9. The van der Waals surface area contributed by atoms with Crippen LogP contribution in [0.4, 0.5) is 5.69 Å². The number of anilines is 1. The number of benzene rings is 3. The van der Waals surface area contributed by atoms with Gasteiger partial charge in [-0.05, 0) is 60.0 Å². The lowest BCUT2D eigenvalue weighted by molar-refractivity contribution is -0.117. The van der Waals surface area contributed by atoms with Crippen LogP contribution in [0.3, 0.4) is 0 Å². The minimum Gasteiger partial charge on any atom is -0.492 e. The number of nitrogens with zero attached hydrogens (tertiary/aromatic N) is 3. The van der Waals surface area contributed by atoms with Gasteiger partial charge in [0.15, 0.2) is 0 Å². The third-order valence-electron chi connectivity index (χ3n) is 6.44. The summed E-state index contributed by atoms with van der Waals surface area (Å²) in [6, 6.07) is 24.4. The first-order chi connectivity index (χ1) is 16.5. The predicted octanol–water partition coefficient (Wildman–Crippen LogP) is 6.52. The molecule has 1 aromatic heterocycles. The summed E-state index contributed by atoms with van der Waals surface area (Å²) in [6.45, 7) is 6.21. The molecule has 0 aliphatic carbocycles. The largest absolute Gasteiger partial charge is 0.492 e. The molecule has 3 aromatic carbocycles. The van der Waals surface area contributed by atoms with Gasteiger partial charge in [0.1, 0.15) is 18.2 Å². The molecule has 1 amide bonds. The van der Waals surface area contributed by atoms with Crippen LogP contribution in [0.15, 0.2) is 77.3 Å². The number of rotatable bonds is 7. The van der Waals surface area contributed by atoms with Crippen molar-refractivity contribution in [3.8, 4) is 5.75 Å². The summed E-state index contributed by atoms with van der Waals surface area (Å²) in [5.74, 6) is 2.49. The molecule has 0 saturated carbocycles. The predicted molar refractivity (Wildman–Crippen MR) is 140 cm³/mol. The van der Waals surface area contributed by atoms with Crippen molar-refractivity contribution in [2.24, 2.45) is 0 Å². The van der Waals surface area contributed by atoms with Crippen molar-refractivity contribution in [3.63, 3.8) is 0 Å². The van der Waals surface area contributed by atoms with Crippen LogP contribution in [-0.2, 0) is 11.3 Å². The zero-order valence-electron chi connectivity index (χ0n) is 19.4. The van der Waals surface area contributed by atoms with Gasteiger partial charge in [0, 0.05) is 29.0 Å². The highest BCUT2D eigenvalue weighted by atomic mass is 79.9. The Bertz CT molecular complexity index is 1300. The van der Waals surface area contributed by atoms with Gasteiger partial charge in [-0.25, -0.2) is 4.98 Å². The standard InChI is InChI=1S/C28H28BrN3O2/c1-19(2)20-7-13-24(14-8-20)34-16-15-31-26-6-4-3-5-25(26)30-28(31)21-17-27(33)32(18-21)23-11-9-22(29)10-12-23/h3-14,19,21H,15-18H2,1-2H3. The zero-order valence-corrected chi connectivity index (χ0v) is 21.0. The maximum atomic E-state index is 12.9. The highest BCUT2D eigenvalue weighted by Crippen LogP contribution is 2.33. The fourth-order valence-corrected chi connectivity index (χ4v) is 4.86. The van der Waals surface area contributed by atoms with E-state index < -0.39 is 0 Å². The van der Waals surface area contributed by atoms with Gasteiger partial charge in [-0.2, -0.15) is 0 Å². The van der Waals surface area contributed by atoms with E-state index in [1.165, 1.54) is 5.56 Å². The SMILES string of the molecule is CC(C)c1ccc(OCCn2c(C3CC(=O)N(c4ccc(Br)cc4)C3)nc3ccccc32)cc1. The molecular weight excluding hydrogens is 490 g/mol. The van der Waals surface area contributed by atoms with Gasteiger partial charge < -0.3 is 14.2 Å².